The highest BCUT2D eigenvalue weighted by atomic mass is 15.2. The van der Waals surface area contributed by atoms with E-state index >= 15 is 0 Å². The van der Waals surface area contributed by atoms with Crippen molar-refractivity contribution < 1.29 is 0 Å². The molecule has 2 aliphatic heterocycles. The summed E-state index contributed by atoms with van der Waals surface area (Å²) in [5.74, 6) is 0.754. The summed E-state index contributed by atoms with van der Waals surface area (Å²) in [5, 5.41) is 3.24. The van der Waals surface area contributed by atoms with Crippen LogP contribution in [-0.4, -0.2) is 58.5 Å². The number of aromatic nitrogens is 2. The van der Waals surface area contributed by atoms with Crippen LogP contribution >= 0.6 is 0 Å². The van der Waals surface area contributed by atoms with E-state index in [2.05, 4.69) is 32.0 Å². The lowest BCUT2D eigenvalue weighted by Gasteiger charge is -2.36. The van der Waals surface area contributed by atoms with Gasteiger partial charge in [-0.05, 0) is 64.7 Å². The Hall–Kier alpha value is -1.20. The normalized spacial score (nSPS) is 22.8. The molecular formula is C19H33N5. The highest BCUT2D eigenvalue weighted by Gasteiger charge is 2.23. The third kappa shape index (κ3) is 5.15. The van der Waals surface area contributed by atoms with E-state index in [1.54, 1.807) is 0 Å². The van der Waals surface area contributed by atoms with Gasteiger partial charge in [0.05, 0.1) is 0 Å². The minimum atomic E-state index is 0.734. The number of likely N-dealkylation sites (tertiary alicyclic amines) is 2. The van der Waals surface area contributed by atoms with Crippen molar-refractivity contribution in [3.8, 4) is 0 Å². The van der Waals surface area contributed by atoms with Crippen LogP contribution in [-0.2, 0) is 6.54 Å². The van der Waals surface area contributed by atoms with Crippen molar-refractivity contribution in [2.45, 2.75) is 64.5 Å². The Morgan fingerprint density at radius 3 is 2.58 bits per heavy atom. The molecule has 0 spiro atoms. The zero-order chi connectivity index (χ0) is 16.6. The van der Waals surface area contributed by atoms with Crippen LogP contribution in [0.15, 0.2) is 12.4 Å². The van der Waals surface area contributed by atoms with E-state index in [-0.39, 0.29) is 0 Å². The van der Waals surface area contributed by atoms with Gasteiger partial charge in [-0.2, -0.15) is 0 Å². The Labute approximate surface area is 146 Å². The second-order valence-electron chi connectivity index (χ2n) is 7.30. The fourth-order valence-corrected chi connectivity index (χ4v) is 3.93. The van der Waals surface area contributed by atoms with Crippen molar-refractivity contribution in [2.24, 2.45) is 0 Å². The summed E-state index contributed by atoms with van der Waals surface area (Å²) >= 11 is 0. The molecule has 1 unspecified atom stereocenters. The van der Waals surface area contributed by atoms with Gasteiger partial charge in [0.2, 0.25) is 5.95 Å². The summed E-state index contributed by atoms with van der Waals surface area (Å²) in [6.45, 7) is 9.21. The molecule has 24 heavy (non-hydrogen) atoms. The molecule has 0 aromatic carbocycles. The highest BCUT2D eigenvalue weighted by Crippen LogP contribution is 2.23. The molecule has 0 saturated carbocycles. The third-order valence-corrected chi connectivity index (χ3v) is 5.35. The van der Waals surface area contributed by atoms with E-state index in [4.69, 9.17) is 0 Å². The van der Waals surface area contributed by atoms with Gasteiger partial charge in [0.25, 0.3) is 0 Å². The Bertz CT molecular complexity index is 469. The predicted octanol–water partition coefficient (Wildman–Crippen LogP) is 3.14. The minimum absolute atomic E-state index is 0.734. The number of rotatable bonds is 8. The Balaban J connectivity index is 1.50. The summed E-state index contributed by atoms with van der Waals surface area (Å²) in [6, 6.07) is 0.734. The number of nitrogens with zero attached hydrogens (tertiary/aromatic N) is 4. The van der Waals surface area contributed by atoms with E-state index in [1.807, 2.05) is 12.4 Å². The molecule has 5 heteroatoms. The highest BCUT2D eigenvalue weighted by molar-refractivity contribution is 5.24. The maximum Gasteiger partial charge on any atom is 0.222 e. The average molecular weight is 332 g/mol. The van der Waals surface area contributed by atoms with Crippen molar-refractivity contribution >= 4 is 5.95 Å². The molecule has 0 aliphatic carbocycles. The third-order valence-electron chi connectivity index (χ3n) is 5.35. The van der Waals surface area contributed by atoms with E-state index in [1.165, 1.54) is 70.3 Å². The van der Waals surface area contributed by atoms with Crippen LogP contribution in [0.4, 0.5) is 5.95 Å². The lowest BCUT2D eigenvalue weighted by molar-refractivity contribution is 0.121. The van der Waals surface area contributed by atoms with Gasteiger partial charge < -0.3 is 10.2 Å². The fourth-order valence-electron chi connectivity index (χ4n) is 3.93. The van der Waals surface area contributed by atoms with E-state index < -0.39 is 0 Å². The first kappa shape index (κ1) is 17.6. The lowest BCUT2D eigenvalue weighted by Crippen LogP contribution is -2.41. The van der Waals surface area contributed by atoms with E-state index in [0.29, 0.717) is 0 Å². The molecule has 1 N–H and O–H groups in total. The molecule has 5 nitrogen and oxygen atoms in total. The van der Waals surface area contributed by atoms with Crippen molar-refractivity contribution in [1.82, 2.24) is 19.8 Å². The standard InChI is InChI=1S/C19H33N5/c1-2-9-20-19-21-14-17(15-22-19)16-24-12-4-3-7-18(24)8-13-23-10-5-6-11-23/h14-15,18H,2-13,16H2,1H3,(H,20,21,22). The monoisotopic (exact) mass is 331 g/mol. The Morgan fingerprint density at radius 2 is 1.83 bits per heavy atom. The van der Waals surface area contributed by atoms with Gasteiger partial charge in [0.1, 0.15) is 0 Å². The summed E-state index contributed by atoms with van der Waals surface area (Å²) < 4.78 is 0. The molecule has 2 aliphatic rings. The minimum Gasteiger partial charge on any atom is -0.354 e. The van der Waals surface area contributed by atoms with Crippen LogP contribution in [0.1, 0.15) is 57.4 Å². The summed E-state index contributed by atoms with van der Waals surface area (Å²) in [4.78, 5) is 14.2. The summed E-state index contributed by atoms with van der Waals surface area (Å²) in [6.07, 6.45) is 13.3. The van der Waals surface area contributed by atoms with Crippen LogP contribution in [0.2, 0.25) is 0 Å². The van der Waals surface area contributed by atoms with Gasteiger partial charge in [-0.1, -0.05) is 13.3 Å². The van der Waals surface area contributed by atoms with Crippen molar-refractivity contribution in [2.75, 3.05) is 38.0 Å². The van der Waals surface area contributed by atoms with Gasteiger partial charge in [0, 0.05) is 37.1 Å². The van der Waals surface area contributed by atoms with Crippen LogP contribution in [0.3, 0.4) is 0 Å². The van der Waals surface area contributed by atoms with Crippen molar-refractivity contribution in [3.05, 3.63) is 18.0 Å². The van der Waals surface area contributed by atoms with Crippen LogP contribution in [0, 0.1) is 0 Å². The summed E-state index contributed by atoms with van der Waals surface area (Å²) in [5.41, 5.74) is 1.24. The lowest BCUT2D eigenvalue weighted by atomic mass is 9.98. The molecule has 1 aromatic heterocycles. The first-order chi connectivity index (χ1) is 11.8. The first-order valence-electron chi connectivity index (χ1n) is 9.86. The number of nitrogens with one attached hydrogen (secondary N) is 1. The number of hydrogen-bond donors (Lipinski definition) is 1. The topological polar surface area (TPSA) is 44.3 Å². The molecule has 3 heterocycles. The van der Waals surface area contributed by atoms with E-state index in [0.717, 1.165) is 31.5 Å². The SMILES string of the molecule is CCCNc1ncc(CN2CCCCC2CCN2CCCC2)cn1. The summed E-state index contributed by atoms with van der Waals surface area (Å²) in [7, 11) is 0. The smallest absolute Gasteiger partial charge is 0.222 e. The molecular weight excluding hydrogens is 298 g/mol. The van der Waals surface area contributed by atoms with Gasteiger partial charge >= 0.3 is 0 Å². The maximum atomic E-state index is 4.46. The number of anilines is 1. The molecule has 0 amide bonds. The molecule has 2 fully saturated rings. The zero-order valence-electron chi connectivity index (χ0n) is 15.2. The second kappa shape index (κ2) is 9.33. The zero-order valence-corrected chi connectivity index (χ0v) is 15.2. The molecule has 1 atom stereocenters. The average Bonchev–Trinajstić information content (AvgIpc) is 3.14. The van der Waals surface area contributed by atoms with Gasteiger partial charge in [-0.15, -0.1) is 0 Å². The quantitative estimate of drug-likeness (QED) is 0.793. The Morgan fingerprint density at radius 1 is 1.08 bits per heavy atom. The van der Waals surface area contributed by atoms with Crippen molar-refractivity contribution in [3.63, 3.8) is 0 Å². The van der Waals surface area contributed by atoms with Gasteiger partial charge in [-0.25, -0.2) is 9.97 Å². The molecule has 134 valence electrons. The first-order valence-corrected chi connectivity index (χ1v) is 9.86. The fraction of sp³-hybridized carbons (Fsp3) is 0.789. The molecule has 1 aromatic rings. The molecule has 0 bridgehead atoms. The van der Waals surface area contributed by atoms with Crippen LogP contribution < -0.4 is 5.32 Å². The molecule has 0 radical (unpaired) electrons. The number of piperidine rings is 1. The van der Waals surface area contributed by atoms with Crippen LogP contribution in [0.5, 0.6) is 0 Å². The predicted molar refractivity (Wildman–Crippen MR) is 99.2 cm³/mol. The van der Waals surface area contributed by atoms with E-state index in [9.17, 15) is 0 Å². The second-order valence-corrected chi connectivity index (χ2v) is 7.30. The van der Waals surface area contributed by atoms with Gasteiger partial charge in [-0.3, -0.25) is 4.90 Å². The Kier molecular flexibility index (Phi) is 6.85. The maximum absolute atomic E-state index is 4.46. The van der Waals surface area contributed by atoms with Crippen molar-refractivity contribution in [1.29, 1.82) is 0 Å². The molecule has 2 saturated heterocycles. The largest absolute Gasteiger partial charge is 0.354 e. The molecule has 3 rings (SSSR count). The number of hydrogen-bond acceptors (Lipinski definition) is 5. The van der Waals surface area contributed by atoms with Gasteiger partial charge in [0.15, 0.2) is 0 Å². The van der Waals surface area contributed by atoms with Crippen LogP contribution in [0.25, 0.3) is 0 Å².